The van der Waals surface area contributed by atoms with Crippen molar-refractivity contribution in [3.05, 3.63) is 66.2 Å². The van der Waals surface area contributed by atoms with Crippen molar-refractivity contribution in [1.82, 2.24) is 19.3 Å². The van der Waals surface area contributed by atoms with Crippen molar-refractivity contribution >= 4 is 23.4 Å². The fraction of sp³-hybridized carbons (Fsp3) is 0.143. The van der Waals surface area contributed by atoms with Gasteiger partial charge >= 0.3 is 0 Å². The van der Waals surface area contributed by atoms with E-state index in [1.165, 1.54) is 0 Å². The van der Waals surface area contributed by atoms with Gasteiger partial charge in [-0.25, -0.2) is 9.67 Å². The van der Waals surface area contributed by atoms with Gasteiger partial charge < -0.3 is 14.0 Å². The summed E-state index contributed by atoms with van der Waals surface area (Å²) >= 11 is 8.09. The smallest absolute Gasteiger partial charge is 0.143 e. The number of thioether (sulfide) groups is 1. The first-order chi connectivity index (χ1) is 14.2. The molecule has 0 spiro atoms. The number of nitrogens with zero attached hydrogens (tertiary/aromatic N) is 4. The van der Waals surface area contributed by atoms with Crippen LogP contribution >= 0.6 is 23.4 Å². The molecule has 0 saturated carbocycles. The fourth-order valence-corrected chi connectivity index (χ4v) is 3.96. The summed E-state index contributed by atoms with van der Waals surface area (Å²) in [5.74, 6) is 1.42. The molecule has 6 nitrogen and oxygen atoms in total. The molecule has 2 aromatic carbocycles. The topological polar surface area (TPSA) is 54.1 Å². The summed E-state index contributed by atoms with van der Waals surface area (Å²) in [5, 5.41) is 6.31. The number of imidazole rings is 1. The molecule has 0 aliphatic carbocycles. The van der Waals surface area contributed by atoms with Gasteiger partial charge in [-0.15, -0.1) is 11.8 Å². The Bertz CT molecular complexity index is 1140. The second-order valence-corrected chi connectivity index (χ2v) is 7.31. The molecule has 0 bridgehead atoms. The molecule has 0 atom stereocenters. The number of para-hydroxylation sites is 1. The predicted molar refractivity (Wildman–Crippen MR) is 116 cm³/mol. The highest BCUT2D eigenvalue weighted by Gasteiger charge is 2.25. The van der Waals surface area contributed by atoms with Crippen LogP contribution in [0.15, 0.2) is 66.2 Å². The first kappa shape index (κ1) is 19.4. The molecule has 0 fully saturated rings. The fourth-order valence-electron chi connectivity index (χ4n) is 3.19. The summed E-state index contributed by atoms with van der Waals surface area (Å²) in [6.45, 7) is 0. The van der Waals surface area contributed by atoms with Crippen LogP contribution in [0.25, 0.3) is 22.6 Å². The van der Waals surface area contributed by atoms with E-state index in [9.17, 15) is 0 Å². The molecule has 0 amide bonds. The predicted octanol–water partition coefficient (Wildman–Crippen LogP) is 5.12. The molecule has 148 valence electrons. The summed E-state index contributed by atoms with van der Waals surface area (Å²) in [6.07, 6.45) is 7.38. The highest BCUT2D eigenvalue weighted by Crippen LogP contribution is 2.42. The van der Waals surface area contributed by atoms with Crippen LogP contribution < -0.4 is 9.47 Å². The number of methoxy groups -OCH3 is 2. The summed E-state index contributed by atoms with van der Waals surface area (Å²) in [7, 11) is 3.29. The van der Waals surface area contributed by atoms with Crippen LogP contribution in [-0.4, -0.2) is 39.8 Å². The lowest BCUT2D eigenvalue weighted by atomic mass is 10.1. The lowest BCUT2D eigenvalue weighted by Crippen LogP contribution is -2.03. The van der Waals surface area contributed by atoms with Gasteiger partial charge in [0.15, 0.2) is 0 Å². The Balaban J connectivity index is 2.11. The van der Waals surface area contributed by atoms with Crippen molar-refractivity contribution in [2.24, 2.45) is 0 Å². The third-order valence-electron chi connectivity index (χ3n) is 4.53. The Morgan fingerprint density at radius 2 is 1.90 bits per heavy atom. The van der Waals surface area contributed by atoms with Gasteiger partial charge in [-0.05, 0) is 36.6 Å². The maximum atomic E-state index is 6.54. The molecule has 0 aliphatic rings. The van der Waals surface area contributed by atoms with Crippen LogP contribution in [0.5, 0.6) is 11.5 Å². The van der Waals surface area contributed by atoms with E-state index in [2.05, 4.69) is 4.98 Å². The van der Waals surface area contributed by atoms with E-state index in [4.69, 9.17) is 26.2 Å². The minimum atomic E-state index is 0.600. The van der Waals surface area contributed by atoms with Crippen LogP contribution in [0.3, 0.4) is 0 Å². The van der Waals surface area contributed by atoms with Crippen LogP contribution in [-0.2, 0) is 0 Å². The molecule has 0 aliphatic heterocycles. The number of halogens is 1. The monoisotopic (exact) mass is 426 g/mol. The van der Waals surface area contributed by atoms with Gasteiger partial charge in [0.1, 0.15) is 27.9 Å². The van der Waals surface area contributed by atoms with E-state index < -0.39 is 0 Å². The highest BCUT2D eigenvalue weighted by atomic mass is 35.5. The Labute approximate surface area is 178 Å². The van der Waals surface area contributed by atoms with Crippen LogP contribution in [0, 0.1) is 0 Å². The van der Waals surface area contributed by atoms with Gasteiger partial charge in [0.05, 0.1) is 31.3 Å². The van der Waals surface area contributed by atoms with E-state index in [0.29, 0.717) is 10.8 Å². The first-order valence-electron chi connectivity index (χ1n) is 8.80. The van der Waals surface area contributed by atoms with Crippen LogP contribution in [0.2, 0.25) is 5.02 Å². The third kappa shape index (κ3) is 3.47. The Hall–Kier alpha value is -2.90. The van der Waals surface area contributed by atoms with Gasteiger partial charge in [-0.3, -0.25) is 0 Å². The van der Waals surface area contributed by atoms with E-state index in [1.807, 2.05) is 64.2 Å². The zero-order chi connectivity index (χ0) is 20.4. The number of benzene rings is 2. The average Bonchev–Trinajstić information content (AvgIpc) is 3.41. The second kappa shape index (κ2) is 8.23. The lowest BCUT2D eigenvalue weighted by molar-refractivity contribution is 0.404. The van der Waals surface area contributed by atoms with E-state index in [1.54, 1.807) is 38.5 Å². The van der Waals surface area contributed by atoms with Crippen molar-refractivity contribution in [3.8, 4) is 34.1 Å². The van der Waals surface area contributed by atoms with Gasteiger partial charge in [-0.1, -0.05) is 23.7 Å². The maximum Gasteiger partial charge on any atom is 0.143 e. The van der Waals surface area contributed by atoms with Gasteiger partial charge in [-0.2, -0.15) is 5.10 Å². The van der Waals surface area contributed by atoms with Crippen LogP contribution in [0.4, 0.5) is 0 Å². The first-order valence-corrected chi connectivity index (χ1v) is 10.4. The number of ether oxygens (including phenoxy) is 2. The molecule has 4 aromatic rings. The zero-order valence-corrected chi connectivity index (χ0v) is 17.7. The van der Waals surface area contributed by atoms with Crippen LogP contribution in [0.1, 0.15) is 0 Å². The Morgan fingerprint density at radius 1 is 1.07 bits per heavy atom. The third-order valence-corrected chi connectivity index (χ3v) is 5.51. The molecule has 2 heterocycles. The summed E-state index contributed by atoms with van der Waals surface area (Å²) < 4.78 is 14.9. The number of hydrogen-bond donors (Lipinski definition) is 0. The van der Waals surface area contributed by atoms with Crippen molar-refractivity contribution in [1.29, 1.82) is 0 Å². The summed E-state index contributed by atoms with van der Waals surface area (Å²) in [4.78, 5) is 4.22. The maximum absolute atomic E-state index is 6.54. The molecule has 0 N–H and O–H groups in total. The highest BCUT2D eigenvalue weighted by molar-refractivity contribution is 7.98. The normalized spacial score (nSPS) is 10.9. The standard InChI is InChI=1S/C21H19ClN4O2S/c1-27-14-8-9-18(28-2)15(12-14)19-20(25-11-10-23-13-25)21(29-3)24-26(19)17-7-5-4-6-16(17)22/h4-13H,1-3H3. The second-order valence-electron chi connectivity index (χ2n) is 6.11. The molecular formula is C21H19ClN4O2S. The number of aromatic nitrogens is 4. The van der Waals surface area contributed by atoms with Gasteiger partial charge in [0, 0.05) is 18.0 Å². The van der Waals surface area contributed by atoms with Crippen molar-refractivity contribution in [2.75, 3.05) is 20.5 Å². The van der Waals surface area contributed by atoms with Gasteiger partial charge in [0.25, 0.3) is 0 Å². The molecular weight excluding hydrogens is 408 g/mol. The number of hydrogen-bond acceptors (Lipinski definition) is 5. The Morgan fingerprint density at radius 3 is 2.55 bits per heavy atom. The molecule has 0 radical (unpaired) electrons. The zero-order valence-electron chi connectivity index (χ0n) is 16.2. The largest absolute Gasteiger partial charge is 0.497 e. The summed E-state index contributed by atoms with van der Waals surface area (Å²) in [6, 6.07) is 13.3. The molecule has 8 heteroatoms. The van der Waals surface area contributed by atoms with Crippen molar-refractivity contribution in [3.63, 3.8) is 0 Å². The van der Waals surface area contributed by atoms with E-state index >= 15 is 0 Å². The molecule has 4 rings (SSSR count). The SMILES string of the molecule is COc1ccc(OC)c(-c2c(-n3ccnc3)c(SC)nn2-c2ccccc2Cl)c1. The molecule has 2 aromatic heterocycles. The molecule has 29 heavy (non-hydrogen) atoms. The summed E-state index contributed by atoms with van der Waals surface area (Å²) in [5.41, 5.74) is 3.33. The molecule has 0 saturated heterocycles. The van der Waals surface area contributed by atoms with E-state index in [-0.39, 0.29) is 0 Å². The van der Waals surface area contributed by atoms with Crippen molar-refractivity contribution in [2.45, 2.75) is 5.03 Å². The average molecular weight is 427 g/mol. The molecule has 0 unspecified atom stereocenters. The number of rotatable bonds is 6. The Kier molecular flexibility index (Phi) is 5.51. The van der Waals surface area contributed by atoms with Gasteiger partial charge in [0.2, 0.25) is 0 Å². The quantitative estimate of drug-likeness (QED) is 0.400. The lowest BCUT2D eigenvalue weighted by Gasteiger charge is -2.15. The van der Waals surface area contributed by atoms with E-state index in [0.717, 1.165) is 33.4 Å². The minimum Gasteiger partial charge on any atom is -0.497 e. The minimum absolute atomic E-state index is 0.600. The van der Waals surface area contributed by atoms with Crippen molar-refractivity contribution < 1.29 is 9.47 Å².